The van der Waals surface area contributed by atoms with Crippen LogP contribution < -0.4 is 10.6 Å². The predicted octanol–water partition coefficient (Wildman–Crippen LogP) is 4.43. The molecule has 0 unspecified atom stereocenters. The van der Waals surface area contributed by atoms with Crippen molar-refractivity contribution in [3.8, 4) is 0 Å². The zero-order chi connectivity index (χ0) is 16.5. The highest BCUT2D eigenvalue weighted by Crippen LogP contribution is 2.20. The molecule has 1 aliphatic carbocycles. The smallest absolute Gasteiger partial charge is 0.131 e. The van der Waals surface area contributed by atoms with Crippen LogP contribution in [0.5, 0.6) is 0 Å². The van der Waals surface area contributed by atoms with Gasteiger partial charge in [-0.1, -0.05) is 42.0 Å². The highest BCUT2D eigenvalue weighted by atomic mass is 15.1. The molecule has 3 rings (SSSR count). The van der Waals surface area contributed by atoms with Crippen LogP contribution in [0.1, 0.15) is 37.7 Å². The van der Waals surface area contributed by atoms with Gasteiger partial charge in [0.05, 0.1) is 0 Å². The molecule has 1 aliphatic rings. The van der Waals surface area contributed by atoms with Crippen molar-refractivity contribution < 1.29 is 0 Å². The summed E-state index contributed by atoms with van der Waals surface area (Å²) < 4.78 is 0. The van der Waals surface area contributed by atoms with E-state index in [0.29, 0.717) is 0 Å². The third kappa shape index (κ3) is 5.37. The Morgan fingerprint density at radius 1 is 0.875 bits per heavy atom. The van der Waals surface area contributed by atoms with Gasteiger partial charge in [-0.15, -0.1) is 0 Å². The summed E-state index contributed by atoms with van der Waals surface area (Å²) in [5, 5.41) is 6.78. The number of hydrogen-bond acceptors (Lipinski definition) is 4. The SMILES string of the molecule is C1=C(CCNc2cc(NCCc3ccccc3)ncn2)CCCC1. The summed E-state index contributed by atoms with van der Waals surface area (Å²) in [5.41, 5.74) is 2.92. The highest BCUT2D eigenvalue weighted by Gasteiger charge is 2.04. The van der Waals surface area contributed by atoms with Gasteiger partial charge in [-0.25, -0.2) is 9.97 Å². The van der Waals surface area contributed by atoms with Crippen LogP contribution in [0.3, 0.4) is 0 Å². The number of rotatable bonds is 8. The minimum Gasteiger partial charge on any atom is -0.370 e. The van der Waals surface area contributed by atoms with E-state index in [9.17, 15) is 0 Å². The van der Waals surface area contributed by atoms with Crippen LogP contribution in [0.4, 0.5) is 11.6 Å². The lowest BCUT2D eigenvalue weighted by atomic mass is 9.97. The van der Waals surface area contributed by atoms with Crippen molar-refractivity contribution >= 4 is 11.6 Å². The van der Waals surface area contributed by atoms with E-state index in [4.69, 9.17) is 0 Å². The molecule has 1 aromatic heterocycles. The van der Waals surface area contributed by atoms with Crippen LogP contribution in [0, 0.1) is 0 Å². The Morgan fingerprint density at radius 3 is 2.33 bits per heavy atom. The number of nitrogens with one attached hydrogen (secondary N) is 2. The molecule has 0 bridgehead atoms. The summed E-state index contributed by atoms with van der Waals surface area (Å²) in [6.07, 6.45) is 11.3. The number of allylic oxidation sites excluding steroid dienone is 1. The van der Waals surface area contributed by atoms with Crippen molar-refractivity contribution in [3.63, 3.8) is 0 Å². The van der Waals surface area contributed by atoms with Gasteiger partial charge in [0.15, 0.2) is 0 Å². The highest BCUT2D eigenvalue weighted by molar-refractivity contribution is 5.46. The molecule has 0 fully saturated rings. The minimum absolute atomic E-state index is 0.868. The van der Waals surface area contributed by atoms with E-state index in [2.05, 4.69) is 50.9 Å². The Balaban J connectivity index is 1.42. The van der Waals surface area contributed by atoms with Crippen molar-refractivity contribution in [1.29, 1.82) is 0 Å². The topological polar surface area (TPSA) is 49.8 Å². The first-order valence-corrected chi connectivity index (χ1v) is 8.92. The van der Waals surface area contributed by atoms with E-state index in [1.807, 2.05) is 12.1 Å². The van der Waals surface area contributed by atoms with Crippen LogP contribution in [0.15, 0.2) is 54.4 Å². The number of nitrogens with zero attached hydrogens (tertiary/aromatic N) is 2. The molecule has 0 spiro atoms. The maximum Gasteiger partial charge on any atom is 0.131 e. The van der Waals surface area contributed by atoms with Crippen LogP contribution in [-0.4, -0.2) is 23.1 Å². The number of anilines is 2. The maximum atomic E-state index is 4.31. The van der Waals surface area contributed by atoms with Crippen LogP contribution in [0.2, 0.25) is 0 Å². The molecule has 4 nitrogen and oxygen atoms in total. The van der Waals surface area contributed by atoms with Gasteiger partial charge >= 0.3 is 0 Å². The third-order valence-corrected chi connectivity index (χ3v) is 4.37. The van der Waals surface area contributed by atoms with E-state index >= 15 is 0 Å². The summed E-state index contributed by atoms with van der Waals surface area (Å²) >= 11 is 0. The Labute approximate surface area is 144 Å². The Bertz CT molecular complexity index is 652. The molecule has 0 saturated carbocycles. The van der Waals surface area contributed by atoms with Gasteiger partial charge in [-0.05, 0) is 44.1 Å². The average molecular weight is 322 g/mol. The molecule has 1 aromatic carbocycles. The first-order valence-electron chi connectivity index (χ1n) is 8.92. The predicted molar refractivity (Wildman–Crippen MR) is 100 cm³/mol. The summed E-state index contributed by atoms with van der Waals surface area (Å²) in [5.74, 6) is 1.77. The quantitative estimate of drug-likeness (QED) is 0.706. The third-order valence-electron chi connectivity index (χ3n) is 4.37. The first kappa shape index (κ1) is 16.5. The molecule has 24 heavy (non-hydrogen) atoms. The molecule has 2 aromatic rings. The normalized spacial score (nSPS) is 14.1. The number of hydrogen-bond donors (Lipinski definition) is 2. The fourth-order valence-electron chi connectivity index (χ4n) is 3.01. The number of benzene rings is 1. The lowest BCUT2D eigenvalue weighted by molar-refractivity contribution is 0.679. The summed E-state index contributed by atoms with van der Waals surface area (Å²) in [7, 11) is 0. The molecule has 0 saturated heterocycles. The largest absolute Gasteiger partial charge is 0.370 e. The van der Waals surface area contributed by atoms with Gasteiger partial charge < -0.3 is 10.6 Å². The van der Waals surface area contributed by atoms with Gasteiger partial charge in [0, 0.05) is 19.2 Å². The van der Waals surface area contributed by atoms with E-state index in [1.165, 1.54) is 31.2 Å². The molecule has 0 aliphatic heterocycles. The molecule has 0 atom stereocenters. The fourth-order valence-corrected chi connectivity index (χ4v) is 3.01. The second-order valence-electron chi connectivity index (χ2n) is 6.24. The van der Waals surface area contributed by atoms with Crippen molar-refractivity contribution in [1.82, 2.24) is 9.97 Å². The Morgan fingerprint density at radius 2 is 1.62 bits per heavy atom. The molecule has 0 amide bonds. The summed E-state index contributed by atoms with van der Waals surface area (Å²) in [6, 6.07) is 12.5. The van der Waals surface area contributed by atoms with E-state index < -0.39 is 0 Å². The Hall–Kier alpha value is -2.36. The summed E-state index contributed by atoms with van der Waals surface area (Å²) in [4.78, 5) is 8.60. The fraction of sp³-hybridized carbons (Fsp3) is 0.400. The van der Waals surface area contributed by atoms with E-state index in [1.54, 1.807) is 11.9 Å². The molecule has 1 heterocycles. The van der Waals surface area contributed by atoms with Crippen molar-refractivity contribution in [2.24, 2.45) is 0 Å². The van der Waals surface area contributed by atoms with Gasteiger partial charge in [-0.3, -0.25) is 0 Å². The van der Waals surface area contributed by atoms with Crippen LogP contribution in [-0.2, 0) is 6.42 Å². The van der Waals surface area contributed by atoms with Crippen LogP contribution in [0.25, 0.3) is 0 Å². The molecule has 0 radical (unpaired) electrons. The first-order chi connectivity index (χ1) is 11.9. The number of aromatic nitrogens is 2. The standard InChI is InChI=1S/C20H26N4/c1-3-7-17(8-4-1)11-13-21-19-15-20(24-16-23-19)22-14-12-18-9-5-2-6-10-18/h1,3-4,7-9,15-16H,2,5-6,10-14H2,(H2,21,22,23,24). The van der Waals surface area contributed by atoms with E-state index in [-0.39, 0.29) is 0 Å². The van der Waals surface area contributed by atoms with Crippen molar-refractivity contribution in [3.05, 3.63) is 59.9 Å². The second kappa shape index (κ2) is 9.06. The van der Waals surface area contributed by atoms with E-state index in [0.717, 1.165) is 37.6 Å². The summed E-state index contributed by atoms with van der Waals surface area (Å²) in [6.45, 7) is 1.81. The maximum absolute atomic E-state index is 4.31. The zero-order valence-corrected chi connectivity index (χ0v) is 14.2. The molecular formula is C20H26N4. The van der Waals surface area contributed by atoms with Gasteiger partial charge in [0.2, 0.25) is 0 Å². The lowest BCUT2D eigenvalue weighted by Crippen LogP contribution is -2.09. The molecule has 2 N–H and O–H groups in total. The minimum atomic E-state index is 0.868. The Kier molecular flexibility index (Phi) is 6.23. The van der Waals surface area contributed by atoms with Crippen molar-refractivity contribution in [2.75, 3.05) is 23.7 Å². The monoisotopic (exact) mass is 322 g/mol. The van der Waals surface area contributed by atoms with Gasteiger partial charge in [-0.2, -0.15) is 0 Å². The van der Waals surface area contributed by atoms with Crippen LogP contribution >= 0.6 is 0 Å². The lowest BCUT2D eigenvalue weighted by Gasteiger charge is -2.13. The van der Waals surface area contributed by atoms with Gasteiger partial charge in [0.25, 0.3) is 0 Å². The molecular weight excluding hydrogens is 296 g/mol. The molecule has 126 valence electrons. The molecule has 4 heteroatoms. The van der Waals surface area contributed by atoms with Gasteiger partial charge in [0.1, 0.15) is 18.0 Å². The zero-order valence-electron chi connectivity index (χ0n) is 14.2. The average Bonchev–Trinajstić information content (AvgIpc) is 2.64. The van der Waals surface area contributed by atoms with Crippen molar-refractivity contribution in [2.45, 2.75) is 38.5 Å². The second-order valence-corrected chi connectivity index (χ2v) is 6.24.